The number of aromatic amines is 1. The van der Waals surface area contributed by atoms with Gasteiger partial charge in [-0.2, -0.15) is 0 Å². The van der Waals surface area contributed by atoms with Gasteiger partial charge >= 0.3 is 0 Å². The van der Waals surface area contributed by atoms with Gasteiger partial charge in [0.25, 0.3) is 0 Å². The Hall–Kier alpha value is -0.840. The van der Waals surface area contributed by atoms with E-state index in [1.165, 1.54) is 0 Å². The standard InChI is InChI=1S/C10H16BrN3O/c1-7(2)3-4-12-10-13-6-8(14-10)9(15)5-11/h6-7H,3-5H2,1-2H3,(H2,12,13,14). The van der Waals surface area contributed by atoms with Crippen LogP contribution in [0, 0.1) is 5.92 Å². The summed E-state index contributed by atoms with van der Waals surface area (Å²) in [5, 5.41) is 3.46. The number of aromatic nitrogens is 2. The highest BCUT2D eigenvalue weighted by molar-refractivity contribution is 9.09. The molecule has 0 aromatic carbocycles. The van der Waals surface area contributed by atoms with E-state index in [9.17, 15) is 4.79 Å². The molecule has 0 aliphatic rings. The molecule has 1 aromatic rings. The first-order chi connectivity index (χ1) is 7.13. The number of H-pyrrole nitrogens is 1. The van der Waals surface area contributed by atoms with Crippen molar-refractivity contribution in [1.29, 1.82) is 0 Å². The molecule has 0 aliphatic heterocycles. The zero-order valence-corrected chi connectivity index (χ0v) is 10.6. The third-order valence-corrected chi connectivity index (χ3v) is 2.52. The molecule has 0 amide bonds. The van der Waals surface area contributed by atoms with E-state index in [4.69, 9.17) is 0 Å². The van der Waals surface area contributed by atoms with Gasteiger partial charge in [0.15, 0.2) is 5.78 Å². The van der Waals surface area contributed by atoms with E-state index in [1.54, 1.807) is 6.20 Å². The molecule has 1 rings (SSSR count). The van der Waals surface area contributed by atoms with Crippen molar-refractivity contribution in [2.24, 2.45) is 5.92 Å². The molecule has 0 bridgehead atoms. The summed E-state index contributed by atoms with van der Waals surface area (Å²) in [5.74, 6) is 1.34. The van der Waals surface area contributed by atoms with Crippen LogP contribution < -0.4 is 5.32 Å². The Morgan fingerprint density at radius 1 is 1.67 bits per heavy atom. The van der Waals surface area contributed by atoms with E-state index in [2.05, 4.69) is 45.1 Å². The molecule has 5 heteroatoms. The number of alkyl halides is 1. The zero-order valence-electron chi connectivity index (χ0n) is 9.01. The normalized spacial score (nSPS) is 10.7. The third kappa shape index (κ3) is 4.03. The molecule has 1 heterocycles. The predicted molar refractivity (Wildman–Crippen MR) is 64.7 cm³/mol. The highest BCUT2D eigenvalue weighted by Crippen LogP contribution is 2.06. The maximum atomic E-state index is 11.3. The smallest absolute Gasteiger partial charge is 0.200 e. The van der Waals surface area contributed by atoms with Gasteiger partial charge in [0.2, 0.25) is 5.95 Å². The van der Waals surface area contributed by atoms with Crippen LogP contribution in [0.4, 0.5) is 5.95 Å². The highest BCUT2D eigenvalue weighted by atomic mass is 79.9. The molecule has 0 radical (unpaired) electrons. The molecule has 0 aliphatic carbocycles. The lowest BCUT2D eigenvalue weighted by molar-refractivity contribution is 0.101. The number of nitrogens with zero attached hydrogens (tertiary/aromatic N) is 1. The summed E-state index contributed by atoms with van der Waals surface area (Å²) in [6, 6.07) is 0. The van der Waals surface area contributed by atoms with Crippen LogP contribution in [0.1, 0.15) is 30.8 Å². The van der Waals surface area contributed by atoms with Crippen molar-refractivity contribution in [3.63, 3.8) is 0 Å². The summed E-state index contributed by atoms with van der Waals surface area (Å²) in [7, 11) is 0. The van der Waals surface area contributed by atoms with Crippen LogP contribution in [0.25, 0.3) is 0 Å². The number of Topliss-reactive ketones (excluding diaryl/α,β-unsaturated/α-hetero) is 1. The van der Waals surface area contributed by atoms with Crippen LogP contribution >= 0.6 is 15.9 Å². The Kier molecular flexibility index (Phi) is 4.81. The Morgan fingerprint density at radius 3 is 3.00 bits per heavy atom. The Morgan fingerprint density at radius 2 is 2.40 bits per heavy atom. The second-order valence-corrected chi connectivity index (χ2v) is 4.37. The maximum Gasteiger partial charge on any atom is 0.200 e. The van der Waals surface area contributed by atoms with Crippen molar-refractivity contribution >= 4 is 27.7 Å². The number of nitrogens with one attached hydrogen (secondary N) is 2. The van der Waals surface area contributed by atoms with Crippen LogP contribution in [0.5, 0.6) is 0 Å². The number of ketones is 1. The maximum absolute atomic E-state index is 11.3. The molecular formula is C10H16BrN3O. The van der Waals surface area contributed by atoms with Crippen LogP contribution in [0.3, 0.4) is 0 Å². The summed E-state index contributed by atoms with van der Waals surface area (Å²) in [6.07, 6.45) is 2.64. The number of imidazole rings is 1. The van der Waals surface area contributed by atoms with Crippen molar-refractivity contribution in [1.82, 2.24) is 9.97 Å². The Bertz CT molecular complexity index is 322. The fourth-order valence-corrected chi connectivity index (χ4v) is 1.41. The molecule has 0 spiro atoms. The number of hydrogen-bond donors (Lipinski definition) is 2. The molecule has 0 saturated heterocycles. The van der Waals surface area contributed by atoms with Crippen LogP contribution in [0.2, 0.25) is 0 Å². The largest absolute Gasteiger partial charge is 0.356 e. The van der Waals surface area contributed by atoms with Crippen molar-refractivity contribution in [2.75, 3.05) is 17.2 Å². The van der Waals surface area contributed by atoms with E-state index in [0.29, 0.717) is 22.9 Å². The van der Waals surface area contributed by atoms with Crippen molar-refractivity contribution in [3.05, 3.63) is 11.9 Å². The molecule has 0 unspecified atom stereocenters. The van der Waals surface area contributed by atoms with Crippen LogP contribution in [0.15, 0.2) is 6.20 Å². The fraction of sp³-hybridized carbons (Fsp3) is 0.600. The van der Waals surface area contributed by atoms with Gasteiger partial charge in [-0.25, -0.2) is 4.98 Å². The molecule has 0 saturated carbocycles. The summed E-state index contributed by atoms with van der Waals surface area (Å²) in [6.45, 7) is 5.21. The first kappa shape index (κ1) is 12.2. The van der Waals surface area contributed by atoms with Crippen molar-refractivity contribution < 1.29 is 4.79 Å². The number of hydrogen-bond acceptors (Lipinski definition) is 3. The molecule has 0 atom stereocenters. The molecule has 2 N–H and O–H groups in total. The monoisotopic (exact) mass is 273 g/mol. The predicted octanol–water partition coefficient (Wildman–Crippen LogP) is 2.45. The Labute approximate surface area is 98.0 Å². The topological polar surface area (TPSA) is 57.8 Å². The van der Waals surface area contributed by atoms with Gasteiger partial charge in [-0.1, -0.05) is 29.8 Å². The fourth-order valence-electron chi connectivity index (χ4n) is 1.10. The summed E-state index contributed by atoms with van der Waals surface area (Å²) in [5.41, 5.74) is 0.541. The number of anilines is 1. The number of carbonyl (C=O) groups excluding carboxylic acids is 1. The first-order valence-electron chi connectivity index (χ1n) is 5.01. The quantitative estimate of drug-likeness (QED) is 0.618. The highest BCUT2D eigenvalue weighted by Gasteiger charge is 2.07. The minimum Gasteiger partial charge on any atom is -0.356 e. The SMILES string of the molecule is CC(C)CCNc1ncc(C(=O)CBr)[nH]1. The minimum absolute atomic E-state index is 0.0133. The molecule has 15 heavy (non-hydrogen) atoms. The number of carbonyl (C=O) groups is 1. The number of rotatable bonds is 6. The van der Waals surface area contributed by atoms with Gasteiger partial charge in [-0.3, -0.25) is 4.79 Å². The van der Waals surface area contributed by atoms with Gasteiger partial charge in [-0.05, 0) is 12.3 Å². The molecule has 84 valence electrons. The van der Waals surface area contributed by atoms with Gasteiger partial charge in [0, 0.05) is 6.54 Å². The third-order valence-electron chi connectivity index (χ3n) is 2.01. The van der Waals surface area contributed by atoms with Crippen LogP contribution in [-0.2, 0) is 0 Å². The summed E-state index contributed by atoms with van der Waals surface area (Å²) in [4.78, 5) is 18.3. The zero-order chi connectivity index (χ0) is 11.3. The lowest BCUT2D eigenvalue weighted by Crippen LogP contribution is -2.06. The second-order valence-electron chi connectivity index (χ2n) is 3.81. The van der Waals surface area contributed by atoms with E-state index in [0.717, 1.165) is 13.0 Å². The average molecular weight is 274 g/mol. The van der Waals surface area contributed by atoms with E-state index in [1.807, 2.05) is 0 Å². The Balaban J connectivity index is 2.43. The molecule has 0 fully saturated rings. The van der Waals surface area contributed by atoms with E-state index in [-0.39, 0.29) is 5.78 Å². The molecular weight excluding hydrogens is 258 g/mol. The molecule has 4 nitrogen and oxygen atoms in total. The minimum atomic E-state index is 0.0133. The van der Waals surface area contributed by atoms with Gasteiger partial charge in [0.05, 0.1) is 11.5 Å². The van der Waals surface area contributed by atoms with E-state index >= 15 is 0 Å². The summed E-state index contributed by atoms with van der Waals surface area (Å²) < 4.78 is 0. The lowest BCUT2D eigenvalue weighted by atomic mass is 10.1. The summed E-state index contributed by atoms with van der Waals surface area (Å²) >= 11 is 3.11. The second kappa shape index (κ2) is 5.90. The van der Waals surface area contributed by atoms with Gasteiger partial charge in [-0.15, -0.1) is 0 Å². The van der Waals surface area contributed by atoms with Gasteiger partial charge in [0.1, 0.15) is 5.69 Å². The first-order valence-corrected chi connectivity index (χ1v) is 6.13. The number of halogens is 1. The van der Waals surface area contributed by atoms with Crippen LogP contribution in [-0.4, -0.2) is 27.6 Å². The van der Waals surface area contributed by atoms with Gasteiger partial charge < -0.3 is 10.3 Å². The molecule has 1 aromatic heterocycles. The lowest BCUT2D eigenvalue weighted by Gasteiger charge is -2.04. The van der Waals surface area contributed by atoms with Crippen molar-refractivity contribution in [2.45, 2.75) is 20.3 Å². The average Bonchev–Trinajstić information content (AvgIpc) is 2.65. The van der Waals surface area contributed by atoms with Crippen molar-refractivity contribution in [3.8, 4) is 0 Å². The van der Waals surface area contributed by atoms with E-state index < -0.39 is 0 Å².